The number of hydrogen-bond donors (Lipinski definition) is 1. The zero-order chi connectivity index (χ0) is 15.2. The number of nitrogens with one attached hydrogen (secondary N) is 1. The fraction of sp³-hybridized carbons (Fsp3) is 0.667. The lowest BCUT2D eigenvalue weighted by Gasteiger charge is -2.32. The average molecular weight is 290 g/mol. The first-order valence-corrected chi connectivity index (χ1v) is 8.22. The molecule has 118 valence electrons. The van der Waals surface area contributed by atoms with E-state index in [1.807, 2.05) is 7.05 Å². The largest absolute Gasteiger partial charge is 0.493 e. The molecule has 2 unspecified atom stereocenters. The van der Waals surface area contributed by atoms with Crippen LogP contribution in [0.25, 0.3) is 0 Å². The molecule has 21 heavy (non-hydrogen) atoms. The van der Waals surface area contributed by atoms with Crippen LogP contribution in [0, 0.1) is 6.92 Å². The zero-order valence-corrected chi connectivity index (χ0v) is 14.0. The SMILES string of the molecule is CNC(C)c1cc(C)ccc1OCCC1CCCCN1C. The van der Waals surface area contributed by atoms with Gasteiger partial charge in [-0.2, -0.15) is 0 Å². The molecule has 0 bridgehead atoms. The van der Waals surface area contributed by atoms with Crippen LogP contribution < -0.4 is 10.1 Å². The van der Waals surface area contributed by atoms with E-state index in [0.29, 0.717) is 12.1 Å². The smallest absolute Gasteiger partial charge is 0.124 e. The Bertz CT molecular complexity index is 447. The predicted octanol–water partition coefficient (Wildman–Crippen LogP) is 3.53. The van der Waals surface area contributed by atoms with Gasteiger partial charge in [-0.05, 0) is 59.8 Å². The molecule has 2 atom stereocenters. The molecule has 1 aliphatic rings. The minimum atomic E-state index is 0.317. The monoisotopic (exact) mass is 290 g/mol. The summed E-state index contributed by atoms with van der Waals surface area (Å²) in [5.74, 6) is 1.03. The number of ether oxygens (including phenoxy) is 1. The Kier molecular flexibility index (Phi) is 6.07. The third kappa shape index (κ3) is 4.45. The highest BCUT2D eigenvalue weighted by atomic mass is 16.5. The number of piperidine rings is 1. The van der Waals surface area contributed by atoms with E-state index in [4.69, 9.17) is 4.74 Å². The molecule has 1 saturated heterocycles. The van der Waals surface area contributed by atoms with Gasteiger partial charge in [0.1, 0.15) is 5.75 Å². The molecule has 1 aliphatic heterocycles. The molecule has 3 heteroatoms. The van der Waals surface area contributed by atoms with Crippen LogP contribution in [0.1, 0.15) is 49.8 Å². The third-order valence-electron chi connectivity index (χ3n) is 4.69. The molecular weight excluding hydrogens is 260 g/mol. The van der Waals surface area contributed by atoms with E-state index in [2.05, 4.69) is 49.3 Å². The van der Waals surface area contributed by atoms with Crippen molar-refractivity contribution in [2.24, 2.45) is 0 Å². The van der Waals surface area contributed by atoms with Gasteiger partial charge in [0.25, 0.3) is 0 Å². The van der Waals surface area contributed by atoms with Crippen molar-refractivity contribution in [3.8, 4) is 5.75 Å². The van der Waals surface area contributed by atoms with Crippen molar-refractivity contribution in [2.75, 3.05) is 27.2 Å². The quantitative estimate of drug-likeness (QED) is 0.867. The van der Waals surface area contributed by atoms with Gasteiger partial charge < -0.3 is 15.0 Å². The Morgan fingerprint density at radius 1 is 1.38 bits per heavy atom. The summed E-state index contributed by atoms with van der Waals surface area (Å²) in [6, 6.07) is 7.48. The summed E-state index contributed by atoms with van der Waals surface area (Å²) in [6.07, 6.45) is 5.14. The van der Waals surface area contributed by atoms with Gasteiger partial charge in [-0.15, -0.1) is 0 Å². The molecule has 0 aromatic heterocycles. The number of aryl methyl sites for hydroxylation is 1. The van der Waals surface area contributed by atoms with E-state index in [-0.39, 0.29) is 0 Å². The molecule has 0 saturated carbocycles. The van der Waals surface area contributed by atoms with Crippen molar-refractivity contribution in [1.82, 2.24) is 10.2 Å². The van der Waals surface area contributed by atoms with Crippen LogP contribution in [0.2, 0.25) is 0 Å². The van der Waals surface area contributed by atoms with Gasteiger partial charge >= 0.3 is 0 Å². The van der Waals surface area contributed by atoms with Gasteiger partial charge in [-0.25, -0.2) is 0 Å². The number of likely N-dealkylation sites (tertiary alicyclic amines) is 1. The first kappa shape index (κ1) is 16.3. The maximum absolute atomic E-state index is 6.10. The highest BCUT2D eigenvalue weighted by molar-refractivity contribution is 5.38. The van der Waals surface area contributed by atoms with Crippen molar-refractivity contribution < 1.29 is 4.74 Å². The zero-order valence-electron chi connectivity index (χ0n) is 14.0. The Morgan fingerprint density at radius 2 is 2.19 bits per heavy atom. The van der Waals surface area contributed by atoms with Crippen molar-refractivity contribution in [2.45, 2.75) is 51.6 Å². The Hall–Kier alpha value is -1.06. The second-order valence-corrected chi connectivity index (χ2v) is 6.32. The van der Waals surface area contributed by atoms with Crippen LogP contribution in [0.5, 0.6) is 5.75 Å². The summed E-state index contributed by atoms with van der Waals surface area (Å²) in [6.45, 7) is 6.35. The summed E-state index contributed by atoms with van der Waals surface area (Å²) in [7, 11) is 4.23. The molecule has 3 nitrogen and oxygen atoms in total. The molecular formula is C18H30N2O. The maximum atomic E-state index is 6.10. The van der Waals surface area contributed by atoms with Crippen molar-refractivity contribution in [3.05, 3.63) is 29.3 Å². The summed E-state index contributed by atoms with van der Waals surface area (Å²) in [5.41, 5.74) is 2.54. The highest BCUT2D eigenvalue weighted by Crippen LogP contribution is 2.27. The van der Waals surface area contributed by atoms with Gasteiger partial charge in [0, 0.05) is 17.6 Å². The second kappa shape index (κ2) is 7.81. The van der Waals surface area contributed by atoms with Gasteiger partial charge in [-0.3, -0.25) is 0 Å². The van der Waals surface area contributed by atoms with Crippen molar-refractivity contribution in [1.29, 1.82) is 0 Å². The molecule has 1 heterocycles. The molecule has 1 fully saturated rings. The number of hydrogen-bond acceptors (Lipinski definition) is 3. The van der Waals surface area contributed by atoms with E-state index in [1.54, 1.807) is 0 Å². The van der Waals surface area contributed by atoms with E-state index < -0.39 is 0 Å². The fourth-order valence-corrected chi connectivity index (χ4v) is 3.11. The van der Waals surface area contributed by atoms with E-state index in [0.717, 1.165) is 18.8 Å². The predicted molar refractivity (Wildman–Crippen MR) is 89.0 cm³/mol. The Morgan fingerprint density at radius 3 is 2.90 bits per heavy atom. The fourth-order valence-electron chi connectivity index (χ4n) is 3.11. The molecule has 0 spiro atoms. The first-order valence-electron chi connectivity index (χ1n) is 8.22. The molecule has 1 aromatic rings. The lowest BCUT2D eigenvalue weighted by Crippen LogP contribution is -2.37. The minimum Gasteiger partial charge on any atom is -0.493 e. The van der Waals surface area contributed by atoms with Crippen LogP contribution in [-0.4, -0.2) is 38.2 Å². The van der Waals surface area contributed by atoms with Gasteiger partial charge in [0.15, 0.2) is 0 Å². The molecule has 1 N–H and O–H groups in total. The van der Waals surface area contributed by atoms with Crippen LogP contribution in [0.4, 0.5) is 0 Å². The Labute approximate surface area is 129 Å². The molecule has 0 aliphatic carbocycles. The van der Waals surface area contributed by atoms with Crippen LogP contribution in [-0.2, 0) is 0 Å². The van der Waals surface area contributed by atoms with E-state index in [1.165, 1.54) is 36.9 Å². The van der Waals surface area contributed by atoms with Crippen LogP contribution >= 0.6 is 0 Å². The number of rotatable bonds is 6. The Balaban J connectivity index is 1.93. The normalized spacial score (nSPS) is 21.2. The summed E-state index contributed by atoms with van der Waals surface area (Å²) >= 11 is 0. The first-order chi connectivity index (χ1) is 10.1. The van der Waals surface area contributed by atoms with Gasteiger partial charge in [0.05, 0.1) is 6.61 Å². The van der Waals surface area contributed by atoms with E-state index >= 15 is 0 Å². The van der Waals surface area contributed by atoms with Gasteiger partial charge in [-0.1, -0.05) is 24.1 Å². The standard InChI is InChI=1S/C18H30N2O/c1-14-8-9-18(17(13-14)15(2)19-3)21-12-10-16-7-5-6-11-20(16)4/h8-9,13,15-16,19H,5-7,10-12H2,1-4H3. The molecule has 0 amide bonds. The van der Waals surface area contributed by atoms with Crippen LogP contribution in [0.3, 0.4) is 0 Å². The van der Waals surface area contributed by atoms with Crippen LogP contribution in [0.15, 0.2) is 18.2 Å². The summed E-state index contributed by atoms with van der Waals surface area (Å²) < 4.78 is 6.10. The minimum absolute atomic E-state index is 0.317. The van der Waals surface area contributed by atoms with E-state index in [9.17, 15) is 0 Å². The summed E-state index contributed by atoms with van der Waals surface area (Å²) in [5, 5.41) is 3.31. The highest BCUT2D eigenvalue weighted by Gasteiger charge is 2.19. The lowest BCUT2D eigenvalue weighted by atomic mass is 10.0. The third-order valence-corrected chi connectivity index (χ3v) is 4.69. The maximum Gasteiger partial charge on any atom is 0.124 e. The topological polar surface area (TPSA) is 24.5 Å². The summed E-state index contributed by atoms with van der Waals surface area (Å²) in [4.78, 5) is 2.49. The molecule has 2 rings (SSSR count). The molecule has 0 radical (unpaired) electrons. The number of nitrogens with zero attached hydrogens (tertiary/aromatic N) is 1. The average Bonchev–Trinajstić information content (AvgIpc) is 2.49. The van der Waals surface area contributed by atoms with Crippen molar-refractivity contribution >= 4 is 0 Å². The number of benzene rings is 1. The lowest BCUT2D eigenvalue weighted by molar-refractivity contribution is 0.152. The van der Waals surface area contributed by atoms with Gasteiger partial charge in [0.2, 0.25) is 0 Å². The molecule has 1 aromatic carbocycles. The second-order valence-electron chi connectivity index (χ2n) is 6.32. The van der Waals surface area contributed by atoms with Crippen molar-refractivity contribution in [3.63, 3.8) is 0 Å².